The Balaban J connectivity index is 1.29. The number of benzene rings is 1. The second-order valence-electron chi connectivity index (χ2n) is 7.18. The normalized spacial score (nSPS) is 16.6. The number of hydrogen-bond acceptors (Lipinski definition) is 4. The fourth-order valence-electron chi connectivity index (χ4n) is 3.67. The lowest BCUT2D eigenvalue weighted by molar-refractivity contribution is -0.131. The van der Waals surface area contributed by atoms with Crippen LogP contribution in [0.2, 0.25) is 0 Å². The van der Waals surface area contributed by atoms with Crippen LogP contribution in [0.5, 0.6) is 0 Å². The topological polar surface area (TPSA) is 107 Å². The number of nitrogens with one attached hydrogen (secondary N) is 3. The van der Waals surface area contributed by atoms with Gasteiger partial charge in [0.05, 0.1) is 24.2 Å². The van der Waals surface area contributed by atoms with E-state index in [1.165, 1.54) is 12.5 Å². The van der Waals surface area contributed by atoms with Gasteiger partial charge in [-0.05, 0) is 30.5 Å². The van der Waals surface area contributed by atoms with Crippen molar-refractivity contribution in [3.8, 4) is 0 Å². The molecule has 4 rings (SSSR count). The molecule has 1 aliphatic rings. The highest BCUT2D eigenvalue weighted by Gasteiger charge is 2.29. The summed E-state index contributed by atoms with van der Waals surface area (Å²) in [6.07, 6.45) is 6.19. The summed E-state index contributed by atoms with van der Waals surface area (Å²) in [5.41, 5.74) is 7.28. The third kappa shape index (κ3) is 4.16. The lowest BCUT2D eigenvalue weighted by Gasteiger charge is -2.31. The first-order valence-corrected chi connectivity index (χ1v) is 9.57. The summed E-state index contributed by atoms with van der Waals surface area (Å²) in [5, 5.41) is 0.981. The van der Waals surface area contributed by atoms with Gasteiger partial charge < -0.3 is 14.3 Å². The van der Waals surface area contributed by atoms with Gasteiger partial charge in [-0.2, -0.15) is 0 Å². The molecule has 2 aromatic heterocycles. The Hall–Kier alpha value is -3.55. The molecule has 1 fully saturated rings. The molecule has 0 aliphatic carbocycles. The number of furan rings is 1. The van der Waals surface area contributed by atoms with Crippen molar-refractivity contribution >= 4 is 28.6 Å². The Morgan fingerprint density at radius 3 is 2.86 bits per heavy atom. The van der Waals surface area contributed by atoms with Gasteiger partial charge in [0.2, 0.25) is 11.8 Å². The zero-order chi connectivity index (χ0) is 20.2. The number of amides is 3. The minimum Gasteiger partial charge on any atom is -0.472 e. The molecule has 0 spiro atoms. The van der Waals surface area contributed by atoms with Crippen molar-refractivity contribution < 1.29 is 18.8 Å². The van der Waals surface area contributed by atoms with Crippen molar-refractivity contribution in [1.82, 2.24) is 20.7 Å². The average molecular weight is 394 g/mol. The molecule has 1 aliphatic heterocycles. The minimum atomic E-state index is -0.368. The summed E-state index contributed by atoms with van der Waals surface area (Å²) in [5.74, 6) is -1.11. The molecule has 0 radical (unpaired) electrons. The maximum Gasteiger partial charge on any atom is 0.257 e. The Labute approximate surface area is 167 Å². The third-order valence-corrected chi connectivity index (χ3v) is 5.20. The Kier molecular flexibility index (Phi) is 5.33. The van der Waals surface area contributed by atoms with Crippen molar-refractivity contribution in [2.45, 2.75) is 19.3 Å². The number of para-hydroxylation sites is 1. The number of aromatic nitrogens is 1. The van der Waals surface area contributed by atoms with Crippen LogP contribution in [0.25, 0.3) is 10.9 Å². The van der Waals surface area contributed by atoms with E-state index in [9.17, 15) is 14.4 Å². The lowest BCUT2D eigenvalue weighted by atomic mass is 9.97. The van der Waals surface area contributed by atoms with Crippen LogP contribution in [-0.2, 0) is 16.0 Å². The maximum atomic E-state index is 12.5. The van der Waals surface area contributed by atoms with E-state index in [0.29, 0.717) is 25.1 Å². The average Bonchev–Trinajstić information content (AvgIpc) is 3.42. The van der Waals surface area contributed by atoms with Crippen LogP contribution in [0.1, 0.15) is 28.8 Å². The second-order valence-corrected chi connectivity index (χ2v) is 7.18. The van der Waals surface area contributed by atoms with E-state index < -0.39 is 0 Å². The monoisotopic (exact) mass is 394 g/mol. The van der Waals surface area contributed by atoms with Gasteiger partial charge in [0, 0.05) is 30.2 Å². The van der Waals surface area contributed by atoms with Crippen LogP contribution in [0.3, 0.4) is 0 Å². The number of hydrazine groups is 1. The highest BCUT2D eigenvalue weighted by molar-refractivity contribution is 5.94. The number of aromatic amines is 1. The molecule has 1 aromatic carbocycles. The predicted molar refractivity (Wildman–Crippen MR) is 106 cm³/mol. The molecule has 0 bridgehead atoms. The zero-order valence-electron chi connectivity index (χ0n) is 15.8. The van der Waals surface area contributed by atoms with E-state index in [1.807, 2.05) is 24.3 Å². The van der Waals surface area contributed by atoms with Crippen LogP contribution in [0.4, 0.5) is 0 Å². The second kappa shape index (κ2) is 8.22. The van der Waals surface area contributed by atoms with Gasteiger partial charge in [-0.15, -0.1) is 0 Å². The van der Waals surface area contributed by atoms with Gasteiger partial charge in [0.25, 0.3) is 5.91 Å². The molecule has 8 heteroatoms. The fraction of sp³-hybridized carbons (Fsp3) is 0.286. The molecule has 3 amide bonds. The smallest absolute Gasteiger partial charge is 0.257 e. The van der Waals surface area contributed by atoms with Gasteiger partial charge in [-0.3, -0.25) is 25.2 Å². The molecule has 1 saturated heterocycles. The predicted octanol–water partition coefficient (Wildman–Crippen LogP) is 2.00. The van der Waals surface area contributed by atoms with Crippen LogP contribution in [0.15, 0.2) is 53.5 Å². The Bertz CT molecular complexity index is 1020. The van der Waals surface area contributed by atoms with Crippen LogP contribution in [-0.4, -0.2) is 40.7 Å². The first-order chi connectivity index (χ1) is 14.1. The number of likely N-dealkylation sites (tertiary alicyclic amines) is 1. The van der Waals surface area contributed by atoms with E-state index in [2.05, 4.69) is 15.8 Å². The molecule has 3 aromatic rings. The molecule has 150 valence electrons. The van der Waals surface area contributed by atoms with E-state index in [1.54, 1.807) is 17.2 Å². The molecule has 1 atom stereocenters. The molecule has 0 saturated carbocycles. The van der Waals surface area contributed by atoms with E-state index in [0.717, 1.165) is 22.9 Å². The molecule has 3 N–H and O–H groups in total. The largest absolute Gasteiger partial charge is 0.472 e. The number of fused-ring (bicyclic) bond motifs is 1. The van der Waals surface area contributed by atoms with Crippen molar-refractivity contribution in [2.24, 2.45) is 5.92 Å². The van der Waals surface area contributed by atoms with Gasteiger partial charge in [-0.25, -0.2) is 0 Å². The van der Waals surface area contributed by atoms with Crippen molar-refractivity contribution in [3.05, 3.63) is 60.2 Å². The first-order valence-electron chi connectivity index (χ1n) is 9.57. The zero-order valence-corrected chi connectivity index (χ0v) is 15.8. The number of H-pyrrole nitrogens is 1. The van der Waals surface area contributed by atoms with Crippen LogP contribution < -0.4 is 10.9 Å². The molecule has 8 nitrogen and oxygen atoms in total. The number of rotatable bonds is 4. The van der Waals surface area contributed by atoms with Crippen molar-refractivity contribution in [2.75, 3.05) is 13.1 Å². The standard InChI is InChI=1S/C21H22N4O4/c26-19(10-16-11-22-18-6-2-1-5-17(16)18)23-24-20(27)14-4-3-8-25(12-14)21(28)15-7-9-29-13-15/h1-2,5-7,9,11,13-14,22H,3-4,8,10,12H2,(H,23,26)(H,24,27). The quantitative estimate of drug-likeness (QED) is 0.588. The molecule has 3 heterocycles. The summed E-state index contributed by atoms with van der Waals surface area (Å²) in [6, 6.07) is 9.34. The lowest BCUT2D eigenvalue weighted by Crippen LogP contribution is -2.50. The summed E-state index contributed by atoms with van der Waals surface area (Å²) in [7, 11) is 0. The van der Waals surface area contributed by atoms with Gasteiger partial charge in [-0.1, -0.05) is 18.2 Å². The number of hydrogen-bond donors (Lipinski definition) is 3. The summed E-state index contributed by atoms with van der Waals surface area (Å²) < 4.78 is 4.96. The van der Waals surface area contributed by atoms with Gasteiger partial charge in [0.15, 0.2) is 0 Å². The number of carbonyl (C=O) groups is 3. The van der Waals surface area contributed by atoms with E-state index in [4.69, 9.17) is 4.42 Å². The molecular weight excluding hydrogens is 372 g/mol. The number of nitrogens with zero attached hydrogens (tertiary/aromatic N) is 1. The molecule has 29 heavy (non-hydrogen) atoms. The highest BCUT2D eigenvalue weighted by Crippen LogP contribution is 2.20. The van der Waals surface area contributed by atoms with Crippen molar-refractivity contribution in [3.63, 3.8) is 0 Å². The highest BCUT2D eigenvalue weighted by atomic mass is 16.3. The molecule has 1 unspecified atom stereocenters. The van der Waals surface area contributed by atoms with E-state index in [-0.39, 0.29) is 30.1 Å². The van der Waals surface area contributed by atoms with Crippen LogP contribution in [0, 0.1) is 5.92 Å². The van der Waals surface area contributed by atoms with E-state index >= 15 is 0 Å². The summed E-state index contributed by atoms with van der Waals surface area (Å²) in [6.45, 7) is 0.912. The Morgan fingerprint density at radius 2 is 2.03 bits per heavy atom. The fourth-order valence-corrected chi connectivity index (χ4v) is 3.67. The summed E-state index contributed by atoms with van der Waals surface area (Å²) >= 11 is 0. The third-order valence-electron chi connectivity index (χ3n) is 5.20. The van der Waals surface area contributed by atoms with Gasteiger partial charge >= 0.3 is 0 Å². The SMILES string of the molecule is O=C(Cc1c[nH]c2ccccc12)NNC(=O)C1CCCN(C(=O)c2ccoc2)C1. The minimum absolute atomic E-state index is 0.153. The first kappa shape index (κ1) is 18.8. The van der Waals surface area contributed by atoms with Crippen molar-refractivity contribution in [1.29, 1.82) is 0 Å². The molecular formula is C21H22N4O4. The van der Waals surface area contributed by atoms with Crippen LogP contribution >= 0.6 is 0 Å². The summed E-state index contributed by atoms with van der Waals surface area (Å²) in [4.78, 5) is 42.0. The Morgan fingerprint density at radius 1 is 1.17 bits per heavy atom. The van der Waals surface area contributed by atoms with Gasteiger partial charge in [0.1, 0.15) is 6.26 Å². The number of carbonyl (C=O) groups excluding carboxylic acids is 3. The maximum absolute atomic E-state index is 12.5. The number of piperidine rings is 1.